The molecule has 8 heavy (non-hydrogen) atoms. The topological polar surface area (TPSA) is 35.2 Å². The summed E-state index contributed by atoms with van der Waals surface area (Å²) in [5.41, 5.74) is 5.62. The van der Waals surface area contributed by atoms with E-state index in [2.05, 4.69) is 0 Å². The molecule has 0 aromatic rings. The van der Waals surface area contributed by atoms with Crippen molar-refractivity contribution >= 4 is 0 Å². The average molecular weight is 115 g/mol. The average Bonchev–Trinajstić information content (AvgIpc) is 2.14. The second kappa shape index (κ2) is 2.46. The van der Waals surface area contributed by atoms with Crippen LogP contribution in [0.5, 0.6) is 0 Å². The molecule has 1 aliphatic rings. The maximum absolute atomic E-state index is 5.62. The predicted molar refractivity (Wildman–Crippen MR) is 32.6 cm³/mol. The van der Waals surface area contributed by atoms with E-state index in [9.17, 15) is 0 Å². The lowest BCUT2D eigenvalue weighted by Crippen LogP contribution is -2.16. The molecule has 2 N–H and O–H groups in total. The van der Waals surface area contributed by atoms with Gasteiger partial charge in [-0.2, -0.15) is 0 Å². The Morgan fingerprint density at radius 1 is 1.50 bits per heavy atom. The minimum atomic E-state index is 0.403. The van der Waals surface area contributed by atoms with Gasteiger partial charge in [0.05, 0.1) is 6.10 Å². The minimum Gasteiger partial charge on any atom is -0.381 e. The smallest absolute Gasteiger partial charge is 0.0586 e. The number of hydrogen-bond donors (Lipinski definition) is 1. The van der Waals surface area contributed by atoms with E-state index in [1.54, 1.807) is 7.11 Å². The molecule has 1 aliphatic carbocycles. The Balaban J connectivity index is 2.22. The molecule has 0 aromatic carbocycles. The fourth-order valence-corrected chi connectivity index (χ4v) is 1.19. The van der Waals surface area contributed by atoms with Crippen molar-refractivity contribution in [3.63, 3.8) is 0 Å². The van der Waals surface area contributed by atoms with Crippen LogP contribution in [-0.4, -0.2) is 19.3 Å². The molecule has 0 radical (unpaired) electrons. The van der Waals surface area contributed by atoms with E-state index in [-0.39, 0.29) is 0 Å². The quantitative estimate of drug-likeness (QED) is 0.540. The number of ether oxygens (including phenoxy) is 1. The van der Waals surface area contributed by atoms with Crippen LogP contribution in [0, 0.1) is 0 Å². The van der Waals surface area contributed by atoms with E-state index in [0.717, 1.165) is 19.3 Å². The van der Waals surface area contributed by atoms with E-state index in [4.69, 9.17) is 10.5 Å². The molecular weight excluding hydrogens is 102 g/mol. The normalized spacial score (nSPS) is 38.2. The molecule has 0 spiro atoms. The van der Waals surface area contributed by atoms with Crippen LogP contribution in [0.2, 0.25) is 0 Å². The summed E-state index contributed by atoms with van der Waals surface area (Å²) in [5, 5.41) is 0. The SMILES string of the molecule is CO[C@H]1CC[C@H](N)C1. The lowest BCUT2D eigenvalue weighted by atomic mass is 10.3. The van der Waals surface area contributed by atoms with E-state index in [1.807, 2.05) is 0 Å². The first-order valence-corrected chi connectivity index (χ1v) is 3.11. The lowest BCUT2D eigenvalue weighted by molar-refractivity contribution is 0.108. The summed E-state index contributed by atoms with van der Waals surface area (Å²) >= 11 is 0. The first kappa shape index (κ1) is 6.05. The third-order valence-electron chi connectivity index (χ3n) is 1.76. The highest BCUT2D eigenvalue weighted by atomic mass is 16.5. The maximum atomic E-state index is 5.62. The fourth-order valence-electron chi connectivity index (χ4n) is 1.19. The highest BCUT2D eigenvalue weighted by Crippen LogP contribution is 2.18. The van der Waals surface area contributed by atoms with Gasteiger partial charge in [0.15, 0.2) is 0 Å². The minimum absolute atomic E-state index is 0.403. The van der Waals surface area contributed by atoms with Gasteiger partial charge in [-0.1, -0.05) is 0 Å². The van der Waals surface area contributed by atoms with Crippen molar-refractivity contribution < 1.29 is 4.74 Å². The van der Waals surface area contributed by atoms with Crippen LogP contribution < -0.4 is 5.73 Å². The van der Waals surface area contributed by atoms with Crippen LogP contribution in [-0.2, 0) is 4.74 Å². The second-order valence-corrected chi connectivity index (χ2v) is 2.43. The highest BCUT2D eigenvalue weighted by Gasteiger charge is 2.20. The van der Waals surface area contributed by atoms with Crippen molar-refractivity contribution in [1.82, 2.24) is 0 Å². The lowest BCUT2D eigenvalue weighted by Gasteiger charge is -2.04. The van der Waals surface area contributed by atoms with Gasteiger partial charge < -0.3 is 10.5 Å². The number of methoxy groups -OCH3 is 1. The summed E-state index contributed by atoms with van der Waals surface area (Å²) in [6.45, 7) is 0. The number of rotatable bonds is 1. The Bertz CT molecular complexity index is 74.9. The molecule has 0 bridgehead atoms. The molecule has 48 valence electrons. The maximum Gasteiger partial charge on any atom is 0.0586 e. The van der Waals surface area contributed by atoms with Gasteiger partial charge >= 0.3 is 0 Å². The van der Waals surface area contributed by atoms with Gasteiger partial charge in [0.25, 0.3) is 0 Å². The standard InChI is InChI=1S/C6H13NO/c1-8-6-3-2-5(7)4-6/h5-6H,2-4,7H2,1H3/t5-,6-/m0/s1. The number of nitrogens with two attached hydrogens (primary N) is 1. The van der Waals surface area contributed by atoms with Gasteiger partial charge in [-0.25, -0.2) is 0 Å². The predicted octanol–water partition coefficient (Wildman–Crippen LogP) is 0.513. The Morgan fingerprint density at radius 3 is 2.50 bits per heavy atom. The van der Waals surface area contributed by atoms with Crippen molar-refractivity contribution in [3.8, 4) is 0 Å². The molecule has 2 heteroatoms. The molecule has 0 aliphatic heterocycles. The zero-order chi connectivity index (χ0) is 5.98. The fraction of sp³-hybridized carbons (Fsp3) is 1.00. The summed E-state index contributed by atoms with van der Waals surface area (Å²) in [6.07, 6.45) is 3.79. The molecule has 0 heterocycles. The van der Waals surface area contributed by atoms with Gasteiger partial charge in [0.1, 0.15) is 0 Å². The number of hydrogen-bond acceptors (Lipinski definition) is 2. The van der Waals surface area contributed by atoms with Gasteiger partial charge in [-0.05, 0) is 19.3 Å². The van der Waals surface area contributed by atoms with E-state index >= 15 is 0 Å². The molecule has 0 unspecified atom stereocenters. The van der Waals surface area contributed by atoms with Gasteiger partial charge in [0, 0.05) is 13.2 Å². The largest absolute Gasteiger partial charge is 0.381 e. The van der Waals surface area contributed by atoms with Crippen molar-refractivity contribution in [2.24, 2.45) is 5.73 Å². The van der Waals surface area contributed by atoms with Crippen LogP contribution in [0.3, 0.4) is 0 Å². The summed E-state index contributed by atoms with van der Waals surface area (Å²) in [5.74, 6) is 0. The van der Waals surface area contributed by atoms with Crippen molar-refractivity contribution in [2.45, 2.75) is 31.4 Å². The summed E-state index contributed by atoms with van der Waals surface area (Å²) in [6, 6.07) is 0.403. The van der Waals surface area contributed by atoms with Crippen LogP contribution in [0.15, 0.2) is 0 Å². The van der Waals surface area contributed by atoms with Crippen LogP contribution in [0.4, 0.5) is 0 Å². The molecule has 0 saturated heterocycles. The summed E-state index contributed by atoms with van der Waals surface area (Å²) in [4.78, 5) is 0. The molecule has 1 fully saturated rings. The zero-order valence-corrected chi connectivity index (χ0v) is 5.26. The van der Waals surface area contributed by atoms with Crippen molar-refractivity contribution in [2.75, 3.05) is 7.11 Å². The summed E-state index contributed by atoms with van der Waals surface area (Å²) < 4.78 is 5.10. The first-order valence-electron chi connectivity index (χ1n) is 3.11. The van der Waals surface area contributed by atoms with Crippen LogP contribution >= 0.6 is 0 Å². The van der Waals surface area contributed by atoms with E-state index in [0.29, 0.717) is 12.1 Å². The molecule has 2 atom stereocenters. The molecule has 0 aromatic heterocycles. The van der Waals surface area contributed by atoms with Gasteiger partial charge in [-0.15, -0.1) is 0 Å². The Kier molecular flexibility index (Phi) is 1.86. The van der Waals surface area contributed by atoms with Crippen molar-refractivity contribution in [3.05, 3.63) is 0 Å². The molecule has 1 saturated carbocycles. The summed E-state index contributed by atoms with van der Waals surface area (Å²) in [7, 11) is 1.75. The van der Waals surface area contributed by atoms with Gasteiger partial charge in [-0.3, -0.25) is 0 Å². The van der Waals surface area contributed by atoms with Crippen molar-refractivity contribution in [1.29, 1.82) is 0 Å². The van der Waals surface area contributed by atoms with E-state index in [1.165, 1.54) is 0 Å². The highest BCUT2D eigenvalue weighted by molar-refractivity contribution is 4.77. The monoisotopic (exact) mass is 115 g/mol. The third-order valence-corrected chi connectivity index (χ3v) is 1.76. The van der Waals surface area contributed by atoms with Crippen LogP contribution in [0.1, 0.15) is 19.3 Å². The van der Waals surface area contributed by atoms with Crippen LogP contribution in [0.25, 0.3) is 0 Å². The molecular formula is C6H13NO. The molecule has 2 nitrogen and oxygen atoms in total. The Morgan fingerprint density at radius 2 is 2.25 bits per heavy atom. The molecule has 0 amide bonds. The zero-order valence-electron chi connectivity index (χ0n) is 5.26. The second-order valence-electron chi connectivity index (χ2n) is 2.43. The third kappa shape index (κ3) is 1.20. The molecule has 1 rings (SSSR count). The first-order chi connectivity index (χ1) is 3.83. The van der Waals surface area contributed by atoms with E-state index < -0.39 is 0 Å². The Labute approximate surface area is 50.0 Å². The van der Waals surface area contributed by atoms with Gasteiger partial charge in [0.2, 0.25) is 0 Å². The Hall–Kier alpha value is -0.0800.